The van der Waals surface area contributed by atoms with Crippen molar-refractivity contribution in [2.45, 2.75) is 26.2 Å². The Morgan fingerprint density at radius 1 is 0.913 bits per heavy atom. The van der Waals surface area contributed by atoms with Gasteiger partial charge in [0.15, 0.2) is 0 Å². The van der Waals surface area contributed by atoms with Gasteiger partial charge in [-0.3, -0.25) is 4.79 Å². The molecule has 0 saturated heterocycles. The van der Waals surface area contributed by atoms with Gasteiger partial charge < -0.3 is 5.32 Å². The highest BCUT2D eigenvalue weighted by Crippen LogP contribution is 2.23. The monoisotopic (exact) mass is 303 g/mol. The quantitative estimate of drug-likeness (QED) is 0.697. The topological polar surface area (TPSA) is 29.1 Å². The lowest BCUT2D eigenvalue weighted by Gasteiger charge is -2.09. The molecule has 0 spiro atoms. The highest BCUT2D eigenvalue weighted by Gasteiger charge is 2.05. The number of hydrogen-bond donors (Lipinski definition) is 1. The van der Waals surface area contributed by atoms with Crippen molar-refractivity contribution in [3.63, 3.8) is 0 Å². The fraction of sp³-hybridized carbons (Fsp3) is 0.190. The van der Waals surface area contributed by atoms with Crippen LogP contribution < -0.4 is 5.32 Å². The van der Waals surface area contributed by atoms with E-state index >= 15 is 0 Å². The highest BCUT2D eigenvalue weighted by molar-refractivity contribution is 6.02. The SMILES string of the molecule is Cc1ccc(CCCC(=O)Nc2cccc3ccccc23)cc1. The molecule has 0 aliphatic rings. The molecule has 2 nitrogen and oxygen atoms in total. The lowest BCUT2D eigenvalue weighted by molar-refractivity contribution is -0.116. The number of rotatable bonds is 5. The first-order chi connectivity index (χ1) is 11.2. The van der Waals surface area contributed by atoms with Crippen LogP contribution in [0.15, 0.2) is 66.7 Å². The Morgan fingerprint density at radius 2 is 1.65 bits per heavy atom. The minimum atomic E-state index is 0.0773. The van der Waals surface area contributed by atoms with Crippen LogP contribution in [0.2, 0.25) is 0 Å². The first-order valence-corrected chi connectivity index (χ1v) is 8.05. The molecule has 0 bridgehead atoms. The van der Waals surface area contributed by atoms with Crippen molar-refractivity contribution < 1.29 is 4.79 Å². The fourth-order valence-corrected chi connectivity index (χ4v) is 2.75. The normalized spacial score (nSPS) is 10.7. The maximum Gasteiger partial charge on any atom is 0.224 e. The Morgan fingerprint density at radius 3 is 2.48 bits per heavy atom. The molecule has 1 amide bonds. The average molecular weight is 303 g/mol. The van der Waals surface area contributed by atoms with Crippen LogP contribution in [0, 0.1) is 6.92 Å². The largest absolute Gasteiger partial charge is 0.326 e. The number of aryl methyl sites for hydroxylation is 2. The van der Waals surface area contributed by atoms with E-state index < -0.39 is 0 Å². The first kappa shape index (κ1) is 15.3. The van der Waals surface area contributed by atoms with E-state index in [1.165, 1.54) is 11.1 Å². The molecule has 0 aliphatic carbocycles. The van der Waals surface area contributed by atoms with E-state index in [-0.39, 0.29) is 5.91 Å². The maximum absolute atomic E-state index is 12.2. The maximum atomic E-state index is 12.2. The van der Waals surface area contributed by atoms with Gasteiger partial charge in [0.1, 0.15) is 0 Å². The molecule has 3 aromatic carbocycles. The smallest absolute Gasteiger partial charge is 0.224 e. The Bertz CT molecular complexity index is 800. The summed E-state index contributed by atoms with van der Waals surface area (Å²) in [5.74, 6) is 0.0773. The van der Waals surface area contributed by atoms with E-state index in [9.17, 15) is 4.79 Å². The van der Waals surface area contributed by atoms with Gasteiger partial charge in [-0.05, 0) is 36.8 Å². The van der Waals surface area contributed by atoms with Crippen molar-refractivity contribution in [3.8, 4) is 0 Å². The molecule has 0 fully saturated rings. The van der Waals surface area contributed by atoms with Crippen LogP contribution >= 0.6 is 0 Å². The minimum absolute atomic E-state index is 0.0773. The summed E-state index contributed by atoms with van der Waals surface area (Å²) in [7, 11) is 0. The van der Waals surface area contributed by atoms with Crippen LogP contribution in [0.3, 0.4) is 0 Å². The van der Waals surface area contributed by atoms with Gasteiger partial charge in [-0.15, -0.1) is 0 Å². The summed E-state index contributed by atoms with van der Waals surface area (Å²) in [4.78, 5) is 12.2. The molecule has 0 radical (unpaired) electrons. The number of carbonyl (C=O) groups excluding carboxylic acids is 1. The number of amides is 1. The summed E-state index contributed by atoms with van der Waals surface area (Å²) in [5, 5.41) is 5.27. The van der Waals surface area contributed by atoms with Gasteiger partial charge in [-0.1, -0.05) is 66.2 Å². The summed E-state index contributed by atoms with van der Waals surface area (Å²) in [6, 6.07) is 22.6. The fourth-order valence-electron chi connectivity index (χ4n) is 2.75. The summed E-state index contributed by atoms with van der Waals surface area (Å²) in [6.07, 6.45) is 2.33. The van der Waals surface area contributed by atoms with Gasteiger partial charge in [-0.2, -0.15) is 0 Å². The number of carbonyl (C=O) groups is 1. The highest BCUT2D eigenvalue weighted by atomic mass is 16.1. The summed E-state index contributed by atoms with van der Waals surface area (Å²) in [6.45, 7) is 2.08. The zero-order chi connectivity index (χ0) is 16.1. The average Bonchev–Trinajstić information content (AvgIpc) is 2.57. The van der Waals surface area contributed by atoms with Crippen LogP contribution in [0.5, 0.6) is 0 Å². The Balaban J connectivity index is 1.57. The van der Waals surface area contributed by atoms with Crippen LogP contribution in [0.1, 0.15) is 24.0 Å². The molecule has 0 aromatic heterocycles. The van der Waals surface area contributed by atoms with Gasteiger partial charge >= 0.3 is 0 Å². The van der Waals surface area contributed by atoms with E-state index in [0.717, 1.165) is 29.3 Å². The zero-order valence-corrected chi connectivity index (χ0v) is 13.4. The third-order valence-electron chi connectivity index (χ3n) is 4.05. The molecular formula is C21H21NO. The molecule has 0 aliphatic heterocycles. The standard InChI is InChI=1S/C21H21NO/c1-16-12-14-17(15-13-16)6-4-11-21(23)22-20-10-5-8-18-7-2-3-9-19(18)20/h2-3,5,7-10,12-15H,4,6,11H2,1H3,(H,22,23). The van der Waals surface area contributed by atoms with Gasteiger partial charge in [0.2, 0.25) is 5.91 Å². The van der Waals surface area contributed by atoms with Gasteiger partial charge in [0.25, 0.3) is 0 Å². The lowest BCUT2D eigenvalue weighted by Crippen LogP contribution is -2.11. The van der Waals surface area contributed by atoms with Gasteiger partial charge in [0, 0.05) is 17.5 Å². The molecule has 3 aromatic rings. The van der Waals surface area contributed by atoms with Crippen molar-refractivity contribution in [2.24, 2.45) is 0 Å². The Kier molecular flexibility index (Phi) is 4.72. The molecule has 3 rings (SSSR count). The number of hydrogen-bond acceptors (Lipinski definition) is 1. The first-order valence-electron chi connectivity index (χ1n) is 8.05. The van der Waals surface area contributed by atoms with Crippen LogP contribution in [0.25, 0.3) is 10.8 Å². The number of fused-ring (bicyclic) bond motifs is 1. The van der Waals surface area contributed by atoms with Crippen LogP contribution in [-0.2, 0) is 11.2 Å². The van der Waals surface area contributed by atoms with Crippen molar-refractivity contribution in [1.82, 2.24) is 0 Å². The predicted molar refractivity (Wildman–Crippen MR) is 96.7 cm³/mol. The second-order valence-corrected chi connectivity index (χ2v) is 5.91. The van der Waals surface area contributed by atoms with Crippen molar-refractivity contribution >= 4 is 22.4 Å². The Hall–Kier alpha value is -2.61. The molecule has 116 valence electrons. The molecule has 0 saturated carbocycles. The molecule has 0 unspecified atom stereocenters. The van der Waals surface area contributed by atoms with Crippen LogP contribution in [-0.4, -0.2) is 5.91 Å². The predicted octanol–water partition coefficient (Wildman–Crippen LogP) is 5.11. The molecule has 23 heavy (non-hydrogen) atoms. The molecule has 2 heteroatoms. The number of anilines is 1. The van der Waals surface area contributed by atoms with E-state index in [0.29, 0.717) is 6.42 Å². The molecular weight excluding hydrogens is 282 g/mol. The zero-order valence-electron chi connectivity index (χ0n) is 13.4. The summed E-state index contributed by atoms with van der Waals surface area (Å²) >= 11 is 0. The lowest BCUT2D eigenvalue weighted by atomic mass is 10.1. The minimum Gasteiger partial charge on any atom is -0.326 e. The molecule has 0 atom stereocenters. The van der Waals surface area contributed by atoms with Gasteiger partial charge in [0.05, 0.1) is 0 Å². The van der Waals surface area contributed by atoms with Crippen molar-refractivity contribution in [1.29, 1.82) is 0 Å². The Labute approximate surface area is 137 Å². The molecule has 0 heterocycles. The van der Waals surface area contributed by atoms with Crippen LogP contribution in [0.4, 0.5) is 5.69 Å². The van der Waals surface area contributed by atoms with Crippen molar-refractivity contribution in [2.75, 3.05) is 5.32 Å². The summed E-state index contributed by atoms with van der Waals surface area (Å²) in [5.41, 5.74) is 3.44. The van der Waals surface area contributed by atoms with E-state index in [2.05, 4.69) is 48.6 Å². The molecule has 1 N–H and O–H groups in total. The van der Waals surface area contributed by atoms with Gasteiger partial charge in [-0.25, -0.2) is 0 Å². The number of benzene rings is 3. The third-order valence-corrected chi connectivity index (χ3v) is 4.05. The van der Waals surface area contributed by atoms with E-state index in [4.69, 9.17) is 0 Å². The third kappa shape index (κ3) is 3.98. The second kappa shape index (κ2) is 7.10. The second-order valence-electron chi connectivity index (χ2n) is 5.91. The summed E-state index contributed by atoms with van der Waals surface area (Å²) < 4.78 is 0. The van der Waals surface area contributed by atoms with Crippen molar-refractivity contribution in [3.05, 3.63) is 77.9 Å². The number of nitrogens with one attached hydrogen (secondary N) is 1. The van der Waals surface area contributed by atoms with E-state index in [1.807, 2.05) is 30.3 Å². The van der Waals surface area contributed by atoms with E-state index in [1.54, 1.807) is 0 Å².